The second kappa shape index (κ2) is 10.6. The van der Waals surface area contributed by atoms with Crippen LogP contribution in [0.4, 0.5) is 0 Å². The fourth-order valence-electron chi connectivity index (χ4n) is 2.36. The number of hydrazone groups is 1. The molecule has 0 unspecified atom stereocenters. The monoisotopic (exact) mass is 434 g/mol. The number of halogens is 1. The van der Waals surface area contributed by atoms with E-state index in [1.54, 1.807) is 19.2 Å². The van der Waals surface area contributed by atoms with E-state index in [1.807, 2.05) is 38.1 Å². The van der Waals surface area contributed by atoms with Crippen LogP contribution in [-0.4, -0.2) is 32.4 Å². The van der Waals surface area contributed by atoms with Crippen LogP contribution in [-0.2, 0) is 11.2 Å². The Morgan fingerprint density at radius 3 is 2.59 bits per heavy atom. The summed E-state index contributed by atoms with van der Waals surface area (Å²) in [6, 6.07) is 11.1. The molecule has 2 aromatic rings. The van der Waals surface area contributed by atoms with Gasteiger partial charge in [0.2, 0.25) is 0 Å². The lowest BCUT2D eigenvalue weighted by molar-refractivity contribution is -0.123. The summed E-state index contributed by atoms with van der Waals surface area (Å²) >= 11 is 3.43. The van der Waals surface area contributed by atoms with E-state index in [-0.39, 0.29) is 12.5 Å². The summed E-state index contributed by atoms with van der Waals surface area (Å²) in [4.78, 5) is 11.9. The van der Waals surface area contributed by atoms with Gasteiger partial charge in [0.15, 0.2) is 18.1 Å². The third kappa shape index (κ3) is 6.29. The summed E-state index contributed by atoms with van der Waals surface area (Å²) in [5.74, 6) is 1.62. The average Bonchev–Trinajstić information content (AvgIpc) is 2.68. The molecule has 0 radical (unpaired) electrons. The van der Waals surface area contributed by atoms with Crippen molar-refractivity contribution in [2.45, 2.75) is 20.3 Å². The highest BCUT2D eigenvalue weighted by atomic mass is 79.9. The van der Waals surface area contributed by atoms with Gasteiger partial charge in [-0.2, -0.15) is 5.10 Å². The molecular formula is C20H23BrN2O4. The maximum atomic E-state index is 11.9. The van der Waals surface area contributed by atoms with Crippen LogP contribution in [0.15, 0.2) is 46.0 Å². The number of ether oxygens (including phenoxy) is 3. The van der Waals surface area contributed by atoms with E-state index >= 15 is 0 Å². The summed E-state index contributed by atoms with van der Waals surface area (Å²) < 4.78 is 17.3. The number of hydrogen-bond donors (Lipinski definition) is 1. The highest BCUT2D eigenvalue weighted by Crippen LogP contribution is 2.27. The first kappa shape index (κ1) is 20.8. The Hall–Kier alpha value is -2.54. The van der Waals surface area contributed by atoms with Gasteiger partial charge in [-0.1, -0.05) is 22.9 Å². The predicted molar refractivity (Wildman–Crippen MR) is 109 cm³/mol. The average molecular weight is 435 g/mol. The second-order valence-corrected chi connectivity index (χ2v) is 6.45. The molecule has 0 aliphatic heterocycles. The van der Waals surface area contributed by atoms with E-state index in [4.69, 9.17) is 14.2 Å². The number of hydrogen-bond acceptors (Lipinski definition) is 5. The van der Waals surface area contributed by atoms with Crippen molar-refractivity contribution in [3.63, 3.8) is 0 Å². The zero-order valence-electron chi connectivity index (χ0n) is 15.6. The van der Waals surface area contributed by atoms with Crippen molar-refractivity contribution in [2.24, 2.45) is 5.10 Å². The van der Waals surface area contributed by atoms with E-state index in [0.717, 1.165) is 22.0 Å². The van der Waals surface area contributed by atoms with Gasteiger partial charge in [-0.15, -0.1) is 0 Å². The molecule has 0 bridgehead atoms. The van der Waals surface area contributed by atoms with E-state index in [0.29, 0.717) is 23.9 Å². The first-order valence-electron chi connectivity index (χ1n) is 8.61. The molecule has 0 aliphatic rings. The molecular weight excluding hydrogens is 412 g/mol. The first-order chi connectivity index (χ1) is 13.1. The number of aryl methyl sites for hydroxylation is 1. The topological polar surface area (TPSA) is 69.2 Å². The molecule has 0 aromatic heterocycles. The highest BCUT2D eigenvalue weighted by Gasteiger charge is 2.07. The molecule has 144 valence electrons. The van der Waals surface area contributed by atoms with E-state index < -0.39 is 0 Å². The fourth-order valence-corrected chi connectivity index (χ4v) is 2.77. The number of nitrogens with one attached hydrogen (secondary N) is 1. The molecule has 7 heteroatoms. The van der Waals surface area contributed by atoms with Crippen molar-refractivity contribution in [3.8, 4) is 17.2 Å². The van der Waals surface area contributed by atoms with Gasteiger partial charge >= 0.3 is 0 Å². The summed E-state index contributed by atoms with van der Waals surface area (Å²) in [5.41, 5.74) is 4.26. The lowest BCUT2D eigenvalue weighted by Crippen LogP contribution is -2.24. The van der Waals surface area contributed by atoms with Crippen molar-refractivity contribution in [1.29, 1.82) is 0 Å². The Kier molecular flexibility index (Phi) is 8.13. The number of nitrogens with zero attached hydrogens (tertiary/aromatic N) is 1. The molecule has 6 nitrogen and oxygen atoms in total. The van der Waals surface area contributed by atoms with Crippen LogP contribution in [0, 0.1) is 0 Å². The zero-order chi connectivity index (χ0) is 19.6. The largest absolute Gasteiger partial charge is 0.493 e. The van der Waals surface area contributed by atoms with Gasteiger partial charge in [0.25, 0.3) is 5.91 Å². The van der Waals surface area contributed by atoms with Crippen molar-refractivity contribution < 1.29 is 19.0 Å². The SMILES string of the molecule is CCOc1ccc(/C=N/NC(=O)COc2ccc(Br)cc2CC)cc1OC. The predicted octanol–water partition coefficient (Wildman–Crippen LogP) is 3.95. The summed E-state index contributed by atoms with van der Waals surface area (Å²) in [5, 5.41) is 3.95. The third-order valence-electron chi connectivity index (χ3n) is 3.65. The smallest absolute Gasteiger partial charge is 0.277 e. The van der Waals surface area contributed by atoms with Crippen molar-refractivity contribution in [1.82, 2.24) is 5.43 Å². The molecule has 2 rings (SSSR count). The van der Waals surface area contributed by atoms with Crippen LogP contribution >= 0.6 is 15.9 Å². The lowest BCUT2D eigenvalue weighted by atomic mass is 10.1. The molecule has 1 amide bonds. The molecule has 0 fully saturated rings. The van der Waals surface area contributed by atoms with Crippen molar-refractivity contribution >= 4 is 28.1 Å². The van der Waals surface area contributed by atoms with Crippen LogP contribution in [0.5, 0.6) is 17.2 Å². The maximum absolute atomic E-state index is 11.9. The van der Waals surface area contributed by atoms with Crippen LogP contribution in [0.3, 0.4) is 0 Å². The van der Waals surface area contributed by atoms with Crippen LogP contribution in [0.25, 0.3) is 0 Å². The molecule has 0 saturated heterocycles. The van der Waals surface area contributed by atoms with Crippen LogP contribution < -0.4 is 19.6 Å². The van der Waals surface area contributed by atoms with Gasteiger partial charge in [0.1, 0.15) is 5.75 Å². The van der Waals surface area contributed by atoms with Gasteiger partial charge in [0.05, 0.1) is 19.9 Å². The van der Waals surface area contributed by atoms with Crippen LogP contribution in [0.1, 0.15) is 25.0 Å². The minimum atomic E-state index is -0.339. The van der Waals surface area contributed by atoms with E-state index in [9.17, 15) is 4.79 Å². The standard InChI is InChI=1S/C20H23BrN2O4/c1-4-15-11-16(21)7-9-17(15)27-13-20(24)23-22-12-14-6-8-18(26-5-2)19(10-14)25-3/h6-12H,4-5,13H2,1-3H3,(H,23,24)/b22-12+. The second-order valence-electron chi connectivity index (χ2n) is 5.53. The highest BCUT2D eigenvalue weighted by molar-refractivity contribution is 9.10. The Balaban J connectivity index is 1.90. The quantitative estimate of drug-likeness (QED) is 0.479. The number of carbonyl (C=O) groups is 1. The van der Waals surface area contributed by atoms with E-state index in [2.05, 4.69) is 26.5 Å². The van der Waals surface area contributed by atoms with E-state index in [1.165, 1.54) is 6.21 Å². The molecule has 1 N–H and O–H groups in total. The molecule has 0 saturated carbocycles. The first-order valence-corrected chi connectivity index (χ1v) is 9.40. The zero-order valence-corrected chi connectivity index (χ0v) is 17.2. The molecule has 0 atom stereocenters. The lowest BCUT2D eigenvalue weighted by Gasteiger charge is -2.10. The Morgan fingerprint density at radius 2 is 1.89 bits per heavy atom. The number of rotatable bonds is 9. The number of amides is 1. The Labute approximate surface area is 167 Å². The van der Waals surface area contributed by atoms with Gasteiger partial charge in [-0.25, -0.2) is 5.43 Å². The minimum Gasteiger partial charge on any atom is -0.493 e. The number of carbonyl (C=O) groups excluding carboxylic acids is 1. The molecule has 2 aromatic carbocycles. The Bertz CT molecular complexity index is 809. The maximum Gasteiger partial charge on any atom is 0.277 e. The normalized spacial score (nSPS) is 10.7. The van der Waals surface area contributed by atoms with Gasteiger partial charge in [-0.3, -0.25) is 4.79 Å². The summed E-state index contributed by atoms with van der Waals surface area (Å²) in [6.45, 7) is 4.38. The minimum absolute atomic E-state index is 0.113. The summed E-state index contributed by atoms with van der Waals surface area (Å²) in [7, 11) is 1.57. The molecule has 0 spiro atoms. The van der Waals surface area contributed by atoms with Crippen LogP contribution in [0.2, 0.25) is 0 Å². The number of benzene rings is 2. The van der Waals surface area contributed by atoms with Gasteiger partial charge in [-0.05, 0) is 60.9 Å². The third-order valence-corrected chi connectivity index (χ3v) is 4.15. The Morgan fingerprint density at radius 1 is 1.11 bits per heavy atom. The van der Waals surface area contributed by atoms with Crippen molar-refractivity contribution in [3.05, 3.63) is 52.0 Å². The molecule has 27 heavy (non-hydrogen) atoms. The molecule has 0 heterocycles. The molecule has 0 aliphatic carbocycles. The fraction of sp³-hybridized carbons (Fsp3) is 0.300. The number of methoxy groups -OCH3 is 1. The van der Waals surface area contributed by atoms with Gasteiger partial charge in [0, 0.05) is 4.47 Å². The summed E-state index contributed by atoms with van der Waals surface area (Å²) in [6.07, 6.45) is 2.35. The van der Waals surface area contributed by atoms with Gasteiger partial charge < -0.3 is 14.2 Å². The van der Waals surface area contributed by atoms with Crippen molar-refractivity contribution in [2.75, 3.05) is 20.3 Å².